The number of benzene rings is 2. The Balaban J connectivity index is 1.63. The van der Waals surface area contributed by atoms with Crippen LogP contribution in [-0.4, -0.2) is 28.5 Å². The summed E-state index contributed by atoms with van der Waals surface area (Å²) < 4.78 is 6.69. The van der Waals surface area contributed by atoms with Crippen molar-refractivity contribution >= 4 is 32.3 Å². The lowest BCUT2D eigenvalue weighted by molar-refractivity contribution is 0.286. The highest BCUT2D eigenvalue weighted by atomic mass is 32.1. The summed E-state index contributed by atoms with van der Waals surface area (Å²) in [5, 5.41) is 4.28. The second-order valence-corrected chi connectivity index (χ2v) is 7.85. The van der Waals surface area contributed by atoms with Crippen molar-refractivity contribution in [3.8, 4) is 5.75 Å². The molecule has 5 nitrogen and oxygen atoms in total. The Labute approximate surface area is 167 Å². The lowest BCUT2D eigenvalue weighted by Crippen LogP contribution is -2.22. The van der Waals surface area contributed by atoms with Gasteiger partial charge < -0.3 is 9.72 Å². The molecule has 1 N–H and O–H groups in total. The van der Waals surface area contributed by atoms with Crippen LogP contribution in [0.1, 0.15) is 24.7 Å². The van der Waals surface area contributed by atoms with E-state index < -0.39 is 0 Å². The van der Waals surface area contributed by atoms with Crippen LogP contribution in [-0.2, 0) is 13.1 Å². The van der Waals surface area contributed by atoms with Gasteiger partial charge in [-0.2, -0.15) is 0 Å². The van der Waals surface area contributed by atoms with Gasteiger partial charge in [0.15, 0.2) is 0 Å². The van der Waals surface area contributed by atoms with E-state index in [0.717, 1.165) is 23.3 Å². The predicted octanol–water partition coefficient (Wildman–Crippen LogP) is 4.56. The summed E-state index contributed by atoms with van der Waals surface area (Å²) in [7, 11) is 2.03. The zero-order valence-corrected chi connectivity index (χ0v) is 16.9. The molecule has 0 bridgehead atoms. The van der Waals surface area contributed by atoms with E-state index in [0.29, 0.717) is 30.2 Å². The summed E-state index contributed by atoms with van der Waals surface area (Å²) in [5.41, 5.74) is 1.85. The van der Waals surface area contributed by atoms with Crippen LogP contribution in [0.15, 0.2) is 52.6 Å². The van der Waals surface area contributed by atoms with Crippen LogP contribution < -0.4 is 10.3 Å². The number of hydrogen-bond donors (Lipinski definition) is 1. The van der Waals surface area contributed by atoms with Gasteiger partial charge in [0.25, 0.3) is 5.56 Å². The molecule has 4 rings (SSSR count). The van der Waals surface area contributed by atoms with E-state index in [-0.39, 0.29) is 5.56 Å². The maximum Gasteiger partial charge on any atom is 0.268 e. The summed E-state index contributed by atoms with van der Waals surface area (Å²) in [6, 6.07) is 14.4. The van der Waals surface area contributed by atoms with E-state index in [4.69, 9.17) is 4.74 Å². The monoisotopic (exact) mass is 393 g/mol. The molecule has 0 aliphatic rings. The van der Waals surface area contributed by atoms with Crippen molar-refractivity contribution in [1.29, 1.82) is 0 Å². The zero-order chi connectivity index (χ0) is 19.5. The molecule has 0 fully saturated rings. The fourth-order valence-corrected chi connectivity index (χ4v) is 4.13. The predicted molar refractivity (Wildman–Crippen MR) is 115 cm³/mol. The van der Waals surface area contributed by atoms with Crippen molar-refractivity contribution < 1.29 is 4.74 Å². The number of ether oxygens (including phenoxy) is 1. The van der Waals surface area contributed by atoms with Gasteiger partial charge in [0.2, 0.25) is 0 Å². The molecule has 0 saturated heterocycles. The number of thiophene rings is 1. The van der Waals surface area contributed by atoms with Crippen molar-refractivity contribution in [1.82, 2.24) is 14.9 Å². The first-order chi connectivity index (χ1) is 13.7. The summed E-state index contributed by atoms with van der Waals surface area (Å²) in [6.07, 6.45) is 0.966. The van der Waals surface area contributed by atoms with Gasteiger partial charge in [-0.05, 0) is 41.8 Å². The summed E-state index contributed by atoms with van der Waals surface area (Å²) in [6.45, 7) is 4.05. The van der Waals surface area contributed by atoms with Crippen molar-refractivity contribution in [2.45, 2.75) is 26.4 Å². The first-order valence-corrected chi connectivity index (χ1v) is 10.3. The standard InChI is InChI=1S/C22H23N3O2S/c1-3-11-27-19-9-8-15-6-4-5-7-16(15)17(19)13-25(2)14-20-23-18-10-12-28-21(18)22(26)24-20/h4-10,12H,3,11,13-14H2,1-2H3,(H,23,24,26). The Morgan fingerprint density at radius 3 is 2.86 bits per heavy atom. The second kappa shape index (κ2) is 8.12. The van der Waals surface area contributed by atoms with Crippen LogP contribution in [0.2, 0.25) is 0 Å². The molecular formula is C22H23N3O2S. The SMILES string of the molecule is CCCOc1ccc2ccccc2c1CN(C)Cc1nc2ccsc2c(=O)[nH]1. The van der Waals surface area contributed by atoms with Crippen molar-refractivity contribution in [2.24, 2.45) is 0 Å². The maximum absolute atomic E-state index is 12.2. The minimum atomic E-state index is -0.0690. The lowest BCUT2D eigenvalue weighted by Gasteiger charge is -2.20. The summed E-state index contributed by atoms with van der Waals surface area (Å²) >= 11 is 1.42. The molecule has 0 spiro atoms. The molecule has 0 aliphatic carbocycles. The minimum absolute atomic E-state index is 0.0690. The molecule has 2 aromatic heterocycles. The Morgan fingerprint density at radius 2 is 2.00 bits per heavy atom. The molecule has 0 aliphatic heterocycles. The smallest absolute Gasteiger partial charge is 0.268 e. The molecular weight excluding hydrogens is 370 g/mol. The molecule has 0 unspecified atom stereocenters. The van der Waals surface area contributed by atoms with Gasteiger partial charge in [-0.25, -0.2) is 4.98 Å². The number of aromatic nitrogens is 2. The summed E-state index contributed by atoms with van der Waals surface area (Å²) in [4.78, 5) is 21.9. The Hall–Kier alpha value is -2.70. The Kier molecular flexibility index (Phi) is 5.41. The average Bonchev–Trinajstić information content (AvgIpc) is 3.16. The van der Waals surface area contributed by atoms with Crippen molar-refractivity contribution in [3.63, 3.8) is 0 Å². The average molecular weight is 394 g/mol. The van der Waals surface area contributed by atoms with Gasteiger partial charge >= 0.3 is 0 Å². The van der Waals surface area contributed by atoms with Crippen LogP contribution >= 0.6 is 11.3 Å². The number of nitrogens with zero attached hydrogens (tertiary/aromatic N) is 2. The molecule has 6 heteroatoms. The molecule has 2 heterocycles. The number of rotatable bonds is 7. The molecule has 0 amide bonds. The van der Waals surface area contributed by atoms with Gasteiger partial charge in [0.1, 0.15) is 16.3 Å². The molecule has 28 heavy (non-hydrogen) atoms. The number of hydrogen-bond acceptors (Lipinski definition) is 5. The van der Waals surface area contributed by atoms with Crippen molar-refractivity contribution in [2.75, 3.05) is 13.7 Å². The maximum atomic E-state index is 12.2. The molecule has 0 atom stereocenters. The molecule has 0 radical (unpaired) electrons. The van der Waals surface area contributed by atoms with Gasteiger partial charge in [0, 0.05) is 12.1 Å². The third-order valence-electron chi connectivity index (χ3n) is 4.67. The lowest BCUT2D eigenvalue weighted by atomic mass is 10.0. The minimum Gasteiger partial charge on any atom is -0.493 e. The number of fused-ring (bicyclic) bond motifs is 2. The van der Waals surface area contributed by atoms with Gasteiger partial charge in [0.05, 0.1) is 18.7 Å². The molecule has 4 aromatic rings. The first-order valence-electron chi connectivity index (χ1n) is 9.44. The van der Waals surface area contributed by atoms with E-state index in [1.54, 1.807) is 0 Å². The second-order valence-electron chi connectivity index (χ2n) is 6.93. The van der Waals surface area contributed by atoms with Crippen LogP contribution in [0.4, 0.5) is 0 Å². The largest absolute Gasteiger partial charge is 0.493 e. The number of nitrogens with one attached hydrogen (secondary N) is 1. The van der Waals surface area contributed by atoms with Crippen LogP contribution in [0.5, 0.6) is 5.75 Å². The van der Waals surface area contributed by atoms with Gasteiger partial charge in [-0.1, -0.05) is 37.3 Å². The Morgan fingerprint density at radius 1 is 1.14 bits per heavy atom. The third-order valence-corrected chi connectivity index (χ3v) is 5.57. The van der Waals surface area contributed by atoms with Crippen LogP contribution in [0.3, 0.4) is 0 Å². The van der Waals surface area contributed by atoms with Crippen LogP contribution in [0.25, 0.3) is 21.0 Å². The number of H-pyrrole nitrogens is 1. The molecule has 2 aromatic carbocycles. The highest BCUT2D eigenvalue weighted by Crippen LogP contribution is 2.29. The van der Waals surface area contributed by atoms with Crippen molar-refractivity contribution in [3.05, 3.63) is 69.6 Å². The quantitative estimate of drug-likeness (QED) is 0.500. The van der Waals surface area contributed by atoms with E-state index >= 15 is 0 Å². The Bertz CT molecular complexity index is 1170. The third kappa shape index (κ3) is 3.79. The van der Waals surface area contributed by atoms with E-state index in [1.807, 2.05) is 24.6 Å². The van der Waals surface area contributed by atoms with E-state index in [2.05, 4.69) is 52.1 Å². The first kappa shape index (κ1) is 18.7. The van der Waals surface area contributed by atoms with E-state index in [1.165, 1.54) is 22.1 Å². The molecule has 0 saturated carbocycles. The highest BCUT2D eigenvalue weighted by Gasteiger charge is 2.13. The highest BCUT2D eigenvalue weighted by molar-refractivity contribution is 7.17. The topological polar surface area (TPSA) is 58.2 Å². The zero-order valence-electron chi connectivity index (χ0n) is 16.1. The normalized spacial score (nSPS) is 11.5. The van der Waals surface area contributed by atoms with Crippen LogP contribution in [0, 0.1) is 0 Å². The number of aromatic amines is 1. The van der Waals surface area contributed by atoms with E-state index in [9.17, 15) is 4.79 Å². The van der Waals surface area contributed by atoms with Gasteiger partial charge in [-0.15, -0.1) is 11.3 Å². The molecule has 144 valence electrons. The fourth-order valence-electron chi connectivity index (χ4n) is 3.40. The van der Waals surface area contributed by atoms with Gasteiger partial charge in [-0.3, -0.25) is 9.69 Å². The summed E-state index contributed by atoms with van der Waals surface area (Å²) in [5.74, 6) is 1.59. The fraction of sp³-hybridized carbons (Fsp3) is 0.273.